The lowest BCUT2D eigenvalue weighted by Crippen LogP contribution is -2.49. The molecule has 0 aromatic carbocycles. The fraction of sp³-hybridized carbons (Fsp3) is 1.00. The number of nitrogens with two attached hydrogens (primary N) is 1. The molecule has 15 heavy (non-hydrogen) atoms. The van der Waals surface area contributed by atoms with Crippen molar-refractivity contribution in [1.82, 2.24) is 4.31 Å². The van der Waals surface area contributed by atoms with Gasteiger partial charge in [0.1, 0.15) is 0 Å². The van der Waals surface area contributed by atoms with Crippen LogP contribution in [0.5, 0.6) is 0 Å². The first-order valence-electron chi connectivity index (χ1n) is 5.60. The summed E-state index contributed by atoms with van der Waals surface area (Å²) in [5, 5.41) is -0.337. The normalized spacial score (nSPS) is 29.7. The first-order chi connectivity index (χ1) is 6.89. The monoisotopic (exact) mass is 234 g/mol. The number of sulfonamides is 1. The Balaban J connectivity index is 2.83. The summed E-state index contributed by atoms with van der Waals surface area (Å²) >= 11 is 0. The molecule has 0 aromatic rings. The summed E-state index contributed by atoms with van der Waals surface area (Å²) < 4.78 is 25.7. The molecule has 0 amide bonds. The van der Waals surface area contributed by atoms with E-state index in [4.69, 9.17) is 5.73 Å². The highest BCUT2D eigenvalue weighted by atomic mass is 32.2. The van der Waals surface area contributed by atoms with Crippen molar-refractivity contribution < 1.29 is 8.42 Å². The first-order valence-corrected chi connectivity index (χ1v) is 7.10. The van der Waals surface area contributed by atoms with Crippen molar-refractivity contribution in [2.24, 2.45) is 11.7 Å². The second-order valence-electron chi connectivity index (χ2n) is 4.69. The third-order valence-electron chi connectivity index (χ3n) is 3.18. The molecule has 90 valence electrons. The van der Waals surface area contributed by atoms with Gasteiger partial charge in [0.15, 0.2) is 0 Å². The Morgan fingerprint density at radius 1 is 1.40 bits per heavy atom. The van der Waals surface area contributed by atoms with E-state index < -0.39 is 10.0 Å². The van der Waals surface area contributed by atoms with E-state index in [0.717, 1.165) is 12.8 Å². The molecule has 0 aromatic heterocycles. The van der Waals surface area contributed by atoms with Crippen LogP contribution in [0.4, 0.5) is 0 Å². The molecule has 1 aliphatic rings. The van der Waals surface area contributed by atoms with Crippen LogP contribution in [0.15, 0.2) is 0 Å². The molecule has 1 aliphatic heterocycles. The second-order valence-corrected chi connectivity index (χ2v) is 7.13. The highest BCUT2D eigenvalue weighted by Crippen LogP contribution is 2.25. The molecule has 0 spiro atoms. The van der Waals surface area contributed by atoms with Gasteiger partial charge >= 0.3 is 0 Å². The van der Waals surface area contributed by atoms with Crippen LogP contribution in [0.2, 0.25) is 0 Å². The van der Waals surface area contributed by atoms with E-state index in [1.54, 1.807) is 18.2 Å². The number of nitrogens with zero attached hydrogens (tertiary/aromatic N) is 1. The van der Waals surface area contributed by atoms with Gasteiger partial charge in [0.05, 0.1) is 5.25 Å². The fourth-order valence-electron chi connectivity index (χ4n) is 1.96. The van der Waals surface area contributed by atoms with Crippen LogP contribution in [0.1, 0.15) is 33.6 Å². The van der Waals surface area contributed by atoms with E-state index in [2.05, 4.69) is 0 Å². The highest BCUT2D eigenvalue weighted by molar-refractivity contribution is 7.89. The van der Waals surface area contributed by atoms with Gasteiger partial charge in [-0.1, -0.05) is 0 Å². The second kappa shape index (κ2) is 4.80. The predicted molar refractivity (Wildman–Crippen MR) is 62.0 cm³/mol. The van der Waals surface area contributed by atoms with Crippen LogP contribution >= 0.6 is 0 Å². The Labute approximate surface area is 92.9 Å². The lowest BCUT2D eigenvalue weighted by Gasteiger charge is -2.37. The first kappa shape index (κ1) is 12.9. The number of rotatable bonds is 3. The molecule has 0 aliphatic carbocycles. The van der Waals surface area contributed by atoms with E-state index >= 15 is 0 Å². The topological polar surface area (TPSA) is 63.4 Å². The van der Waals surface area contributed by atoms with Gasteiger partial charge in [-0.05, 0) is 46.1 Å². The Kier molecular flexibility index (Phi) is 4.14. The van der Waals surface area contributed by atoms with E-state index in [0.29, 0.717) is 19.0 Å². The van der Waals surface area contributed by atoms with E-state index in [1.807, 2.05) is 6.92 Å². The van der Waals surface area contributed by atoms with Gasteiger partial charge < -0.3 is 5.73 Å². The van der Waals surface area contributed by atoms with Gasteiger partial charge in [0.25, 0.3) is 0 Å². The summed E-state index contributed by atoms with van der Waals surface area (Å²) in [6.07, 6.45) is 1.97. The predicted octanol–water partition coefficient (Wildman–Crippen LogP) is 0.784. The fourth-order valence-corrected chi connectivity index (χ4v) is 3.53. The average molecular weight is 234 g/mol. The molecule has 1 rings (SSSR count). The maximum absolute atomic E-state index is 12.0. The van der Waals surface area contributed by atoms with Gasteiger partial charge in [0.2, 0.25) is 10.0 Å². The van der Waals surface area contributed by atoms with E-state index in [-0.39, 0.29) is 11.3 Å². The molecule has 0 radical (unpaired) electrons. The van der Waals surface area contributed by atoms with Crippen LogP contribution in [0, 0.1) is 5.92 Å². The van der Waals surface area contributed by atoms with Crippen molar-refractivity contribution in [3.05, 3.63) is 0 Å². The van der Waals surface area contributed by atoms with Crippen molar-refractivity contribution in [2.75, 3.05) is 13.1 Å². The van der Waals surface area contributed by atoms with Gasteiger partial charge in [-0.2, -0.15) is 4.31 Å². The minimum absolute atomic E-state index is 0.125. The van der Waals surface area contributed by atoms with Crippen LogP contribution in [-0.4, -0.2) is 37.1 Å². The quantitative estimate of drug-likeness (QED) is 0.785. The molecule has 2 atom stereocenters. The van der Waals surface area contributed by atoms with Gasteiger partial charge in [-0.15, -0.1) is 0 Å². The van der Waals surface area contributed by atoms with E-state index in [9.17, 15) is 8.42 Å². The molecular formula is C10H22N2O2S. The molecule has 1 heterocycles. The average Bonchev–Trinajstić information content (AvgIpc) is 2.18. The van der Waals surface area contributed by atoms with Crippen LogP contribution in [0.25, 0.3) is 0 Å². The minimum atomic E-state index is -3.11. The Morgan fingerprint density at radius 2 is 2.00 bits per heavy atom. The standard InChI is InChI=1S/C10H22N2O2S/c1-8(2)15(13,14)12-7-10(6-11)5-4-9(12)3/h8-10H,4-7,11H2,1-3H3. The summed E-state index contributed by atoms with van der Waals surface area (Å²) in [6, 6.07) is 0.125. The molecular weight excluding hydrogens is 212 g/mol. The summed E-state index contributed by atoms with van der Waals surface area (Å²) in [7, 11) is -3.11. The summed E-state index contributed by atoms with van der Waals surface area (Å²) in [5.74, 6) is 0.328. The third-order valence-corrected chi connectivity index (χ3v) is 5.53. The number of piperidine rings is 1. The summed E-state index contributed by atoms with van der Waals surface area (Å²) in [4.78, 5) is 0. The zero-order valence-corrected chi connectivity index (χ0v) is 10.6. The lowest BCUT2D eigenvalue weighted by atomic mass is 9.96. The van der Waals surface area contributed by atoms with Crippen molar-refractivity contribution >= 4 is 10.0 Å². The van der Waals surface area contributed by atoms with E-state index in [1.165, 1.54) is 0 Å². The van der Waals surface area contributed by atoms with Crippen molar-refractivity contribution in [1.29, 1.82) is 0 Å². The Morgan fingerprint density at radius 3 is 2.47 bits per heavy atom. The zero-order chi connectivity index (χ0) is 11.6. The lowest BCUT2D eigenvalue weighted by molar-refractivity contribution is 0.210. The largest absolute Gasteiger partial charge is 0.330 e. The molecule has 0 saturated carbocycles. The van der Waals surface area contributed by atoms with Crippen molar-refractivity contribution in [3.8, 4) is 0 Å². The summed E-state index contributed by atoms with van der Waals surface area (Å²) in [5.41, 5.74) is 5.61. The van der Waals surface area contributed by atoms with Gasteiger partial charge in [-0.25, -0.2) is 8.42 Å². The Bertz CT molecular complexity index is 301. The van der Waals surface area contributed by atoms with Gasteiger partial charge in [0, 0.05) is 12.6 Å². The van der Waals surface area contributed by atoms with Crippen LogP contribution < -0.4 is 5.73 Å². The maximum atomic E-state index is 12.0. The van der Waals surface area contributed by atoms with Crippen molar-refractivity contribution in [3.63, 3.8) is 0 Å². The van der Waals surface area contributed by atoms with Crippen LogP contribution in [-0.2, 0) is 10.0 Å². The summed E-state index contributed by atoms with van der Waals surface area (Å²) in [6.45, 7) is 6.61. The molecule has 2 N–H and O–H groups in total. The van der Waals surface area contributed by atoms with Crippen LogP contribution in [0.3, 0.4) is 0 Å². The molecule has 2 unspecified atom stereocenters. The molecule has 1 fully saturated rings. The van der Waals surface area contributed by atoms with Crippen molar-refractivity contribution in [2.45, 2.75) is 44.9 Å². The Hall–Kier alpha value is -0.130. The molecule has 4 nitrogen and oxygen atoms in total. The zero-order valence-electron chi connectivity index (χ0n) is 9.81. The smallest absolute Gasteiger partial charge is 0.216 e. The molecule has 5 heteroatoms. The van der Waals surface area contributed by atoms with Gasteiger partial charge in [-0.3, -0.25) is 0 Å². The number of hydrogen-bond donors (Lipinski definition) is 1. The minimum Gasteiger partial charge on any atom is -0.330 e. The number of hydrogen-bond acceptors (Lipinski definition) is 3. The highest BCUT2D eigenvalue weighted by Gasteiger charge is 2.34. The third kappa shape index (κ3) is 2.71. The molecule has 0 bridgehead atoms. The SMILES string of the molecule is CC1CCC(CN)CN1S(=O)(=O)C(C)C. The maximum Gasteiger partial charge on any atom is 0.216 e. The molecule has 1 saturated heterocycles.